The first-order chi connectivity index (χ1) is 12.4. The Kier molecular flexibility index (Phi) is 6.78. The highest BCUT2D eigenvalue weighted by molar-refractivity contribution is 5.97. The van der Waals surface area contributed by atoms with Crippen LogP contribution in [0.3, 0.4) is 0 Å². The molecular formula is C21H27N3O2. The summed E-state index contributed by atoms with van der Waals surface area (Å²) in [5.41, 5.74) is 3.83. The molecule has 0 radical (unpaired) electrons. The van der Waals surface area contributed by atoms with Crippen LogP contribution < -0.4 is 16.0 Å². The standard InChI is InChI=1S/C21H27N3O2/c1-14(2)19(20(25)23-18-12-15(3)10-11-16(18)4)24-21(26)22-13-17-8-6-5-7-9-17/h5-12,14,19H,13H2,1-4H3,(H,23,25)(H2,22,24,26). The molecular weight excluding hydrogens is 326 g/mol. The normalized spacial score (nSPS) is 11.7. The molecule has 2 rings (SSSR count). The molecule has 0 bridgehead atoms. The Balaban J connectivity index is 1.97. The highest BCUT2D eigenvalue weighted by atomic mass is 16.2. The van der Waals surface area contributed by atoms with Crippen molar-refractivity contribution in [3.63, 3.8) is 0 Å². The molecule has 1 unspecified atom stereocenters. The van der Waals surface area contributed by atoms with Crippen LogP contribution in [0.1, 0.15) is 30.5 Å². The van der Waals surface area contributed by atoms with Gasteiger partial charge in [0.25, 0.3) is 0 Å². The smallest absolute Gasteiger partial charge is 0.315 e. The van der Waals surface area contributed by atoms with Gasteiger partial charge in [0.05, 0.1) is 0 Å². The lowest BCUT2D eigenvalue weighted by atomic mass is 10.0. The van der Waals surface area contributed by atoms with Crippen LogP contribution in [-0.4, -0.2) is 18.0 Å². The van der Waals surface area contributed by atoms with E-state index >= 15 is 0 Å². The minimum atomic E-state index is -0.620. The van der Waals surface area contributed by atoms with Gasteiger partial charge >= 0.3 is 6.03 Å². The van der Waals surface area contributed by atoms with E-state index in [2.05, 4.69) is 16.0 Å². The average molecular weight is 353 g/mol. The SMILES string of the molecule is Cc1ccc(C)c(NC(=O)C(NC(=O)NCc2ccccc2)C(C)C)c1. The molecule has 0 spiro atoms. The van der Waals surface area contributed by atoms with E-state index in [-0.39, 0.29) is 17.9 Å². The van der Waals surface area contributed by atoms with Crippen LogP contribution in [0.5, 0.6) is 0 Å². The molecule has 2 aromatic carbocycles. The van der Waals surface area contributed by atoms with Crippen molar-refractivity contribution < 1.29 is 9.59 Å². The van der Waals surface area contributed by atoms with Gasteiger partial charge in [-0.15, -0.1) is 0 Å². The first kappa shape index (κ1) is 19.5. The van der Waals surface area contributed by atoms with Crippen molar-refractivity contribution in [1.29, 1.82) is 0 Å². The topological polar surface area (TPSA) is 70.2 Å². The molecule has 26 heavy (non-hydrogen) atoms. The van der Waals surface area contributed by atoms with Crippen molar-refractivity contribution in [1.82, 2.24) is 10.6 Å². The molecule has 138 valence electrons. The Labute approximate surface area is 155 Å². The van der Waals surface area contributed by atoms with Gasteiger partial charge in [0.2, 0.25) is 5.91 Å². The van der Waals surface area contributed by atoms with E-state index in [1.165, 1.54) is 0 Å². The molecule has 3 N–H and O–H groups in total. The predicted octanol–water partition coefficient (Wildman–Crippen LogP) is 3.77. The molecule has 0 saturated heterocycles. The van der Waals surface area contributed by atoms with Crippen LogP contribution in [0, 0.1) is 19.8 Å². The minimum Gasteiger partial charge on any atom is -0.334 e. The molecule has 0 aromatic heterocycles. The monoisotopic (exact) mass is 353 g/mol. The van der Waals surface area contributed by atoms with Gasteiger partial charge in [0.15, 0.2) is 0 Å². The van der Waals surface area contributed by atoms with E-state index in [4.69, 9.17) is 0 Å². The lowest BCUT2D eigenvalue weighted by molar-refractivity contribution is -0.118. The van der Waals surface area contributed by atoms with Gasteiger partial charge in [-0.3, -0.25) is 4.79 Å². The van der Waals surface area contributed by atoms with Gasteiger partial charge in [-0.05, 0) is 42.5 Å². The molecule has 3 amide bonds. The van der Waals surface area contributed by atoms with Gasteiger partial charge in [0, 0.05) is 12.2 Å². The maximum absolute atomic E-state index is 12.7. The van der Waals surface area contributed by atoms with Crippen LogP contribution in [0.15, 0.2) is 48.5 Å². The Morgan fingerprint density at radius 2 is 1.69 bits per heavy atom. The average Bonchev–Trinajstić information content (AvgIpc) is 2.61. The number of aryl methyl sites for hydroxylation is 2. The molecule has 0 aliphatic rings. The predicted molar refractivity (Wildman–Crippen MR) is 105 cm³/mol. The molecule has 0 heterocycles. The largest absolute Gasteiger partial charge is 0.334 e. The summed E-state index contributed by atoms with van der Waals surface area (Å²) in [7, 11) is 0. The van der Waals surface area contributed by atoms with E-state index < -0.39 is 6.04 Å². The Morgan fingerprint density at radius 1 is 1.00 bits per heavy atom. The van der Waals surface area contributed by atoms with E-state index in [1.807, 2.05) is 76.2 Å². The molecule has 0 fully saturated rings. The van der Waals surface area contributed by atoms with E-state index in [1.54, 1.807) is 0 Å². The zero-order chi connectivity index (χ0) is 19.1. The zero-order valence-corrected chi connectivity index (χ0v) is 15.8. The van der Waals surface area contributed by atoms with Crippen LogP contribution in [0.25, 0.3) is 0 Å². The van der Waals surface area contributed by atoms with Gasteiger partial charge in [-0.1, -0.05) is 56.3 Å². The summed E-state index contributed by atoms with van der Waals surface area (Å²) in [6.45, 7) is 8.15. The van der Waals surface area contributed by atoms with E-state index in [0.29, 0.717) is 6.54 Å². The first-order valence-corrected chi connectivity index (χ1v) is 8.83. The van der Waals surface area contributed by atoms with Gasteiger partial charge in [-0.25, -0.2) is 4.79 Å². The second-order valence-corrected chi connectivity index (χ2v) is 6.84. The fourth-order valence-corrected chi connectivity index (χ4v) is 2.59. The second-order valence-electron chi connectivity index (χ2n) is 6.84. The van der Waals surface area contributed by atoms with E-state index in [9.17, 15) is 9.59 Å². The highest BCUT2D eigenvalue weighted by Crippen LogP contribution is 2.17. The Bertz CT molecular complexity index is 757. The number of nitrogens with one attached hydrogen (secondary N) is 3. The van der Waals surface area contributed by atoms with Crippen molar-refractivity contribution in [3.8, 4) is 0 Å². The summed E-state index contributed by atoms with van der Waals surface area (Å²) in [4.78, 5) is 24.9. The van der Waals surface area contributed by atoms with Crippen molar-refractivity contribution >= 4 is 17.6 Å². The third-order valence-electron chi connectivity index (χ3n) is 4.18. The third kappa shape index (κ3) is 5.62. The second kappa shape index (κ2) is 9.04. The molecule has 5 heteroatoms. The fourth-order valence-electron chi connectivity index (χ4n) is 2.59. The van der Waals surface area contributed by atoms with Crippen molar-refractivity contribution in [3.05, 3.63) is 65.2 Å². The maximum Gasteiger partial charge on any atom is 0.315 e. The Hall–Kier alpha value is -2.82. The molecule has 0 saturated carbocycles. The quantitative estimate of drug-likeness (QED) is 0.740. The number of rotatable bonds is 6. The maximum atomic E-state index is 12.7. The number of urea groups is 1. The van der Waals surface area contributed by atoms with Crippen LogP contribution in [-0.2, 0) is 11.3 Å². The minimum absolute atomic E-state index is 0.0393. The first-order valence-electron chi connectivity index (χ1n) is 8.83. The number of hydrogen-bond donors (Lipinski definition) is 3. The van der Waals surface area contributed by atoms with Crippen LogP contribution in [0.4, 0.5) is 10.5 Å². The van der Waals surface area contributed by atoms with E-state index in [0.717, 1.165) is 22.4 Å². The number of benzene rings is 2. The molecule has 2 aromatic rings. The lowest BCUT2D eigenvalue weighted by Crippen LogP contribution is -2.50. The molecule has 0 aliphatic carbocycles. The van der Waals surface area contributed by atoms with Gasteiger partial charge < -0.3 is 16.0 Å². The van der Waals surface area contributed by atoms with Crippen LogP contribution in [0.2, 0.25) is 0 Å². The van der Waals surface area contributed by atoms with Crippen molar-refractivity contribution in [2.45, 2.75) is 40.3 Å². The lowest BCUT2D eigenvalue weighted by Gasteiger charge is -2.22. The summed E-state index contributed by atoms with van der Waals surface area (Å²) in [5, 5.41) is 8.50. The summed E-state index contributed by atoms with van der Waals surface area (Å²) in [6, 6.07) is 14.6. The summed E-state index contributed by atoms with van der Waals surface area (Å²) in [6.07, 6.45) is 0. The summed E-state index contributed by atoms with van der Waals surface area (Å²) < 4.78 is 0. The summed E-state index contributed by atoms with van der Waals surface area (Å²) >= 11 is 0. The number of amides is 3. The van der Waals surface area contributed by atoms with Crippen LogP contribution >= 0.6 is 0 Å². The van der Waals surface area contributed by atoms with Crippen molar-refractivity contribution in [2.24, 2.45) is 5.92 Å². The molecule has 1 atom stereocenters. The Morgan fingerprint density at radius 3 is 2.35 bits per heavy atom. The third-order valence-corrected chi connectivity index (χ3v) is 4.18. The number of carbonyl (C=O) groups is 2. The molecule has 0 aliphatic heterocycles. The van der Waals surface area contributed by atoms with Gasteiger partial charge in [0.1, 0.15) is 6.04 Å². The number of anilines is 1. The highest BCUT2D eigenvalue weighted by Gasteiger charge is 2.24. The van der Waals surface area contributed by atoms with Gasteiger partial charge in [-0.2, -0.15) is 0 Å². The summed E-state index contributed by atoms with van der Waals surface area (Å²) in [5.74, 6) is -0.258. The number of carbonyl (C=O) groups excluding carboxylic acids is 2. The fraction of sp³-hybridized carbons (Fsp3) is 0.333. The zero-order valence-electron chi connectivity index (χ0n) is 15.8. The molecule has 5 nitrogen and oxygen atoms in total. The number of hydrogen-bond acceptors (Lipinski definition) is 2. The van der Waals surface area contributed by atoms with Crippen molar-refractivity contribution in [2.75, 3.05) is 5.32 Å².